The molecular formula is C16H27N3O2. The summed E-state index contributed by atoms with van der Waals surface area (Å²) in [5.74, 6) is 0.815. The first-order valence-electron chi connectivity index (χ1n) is 7.41. The first-order chi connectivity index (χ1) is 10.1. The zero-order chi connectivity index (χ0) is 15.8. The van der Waals surface area contributed by atoms with E-state index in [9.17, 15) is 4.79 Å². The van der Waals surface area contributed by atoms with E-state index in [2.05, 4.69) is 17.1 Å². The molecule has 0 aliphatic heterocycles. The smallest absolute Gasteiger partial charge is 0.233 e. The van der Waals surface area contributed by atoms with E-state index in [-0.39, 0.29) is 18.0 Å². The maximum atomic E-state index is 11.7. The Bertz CT molecular complexity index is 434. The molecule has 0 saturated carbocycles. The Kier molecular flexibility index (Phi) is 7.19. The third kappa shape index (κ3) is 4.72. The van der Waals surface area contributed by atoms with Crippen molar-refractivity contribution < 1.29 is 9.53 Å². The Hall–Kier alpha value is -1.59. The monoisotopic (exact) mass is 293 g/mol. The molecule has 0 fully saturated rings. The molecule has 0 aliphatic rings. The second-order valence-electron chi connectivity index (χ2n) is 5.03. The van der Waals surface area contributed by atoms with Crippen molar-refractivity contribution >= 4 is 5.91 Å². The van der Waals surface area contributed by atoms with Crippen LogP contribution >= 0.6 is 0 Å². The van der Waals surface area contributed by atoms with Gasteiger partial charge in [0.05, 0.1) is 19.7 Å². The second-order valence-corrected chi connectivity index (χ2v) is 5.03. The molecular weight excluding hydrogens is 266 g/mol. The molecule has 5 nitrogen and oxygen atoms in total. The number of carbonyl (C=O) groups is 1. The highest BCUT2D eigenvalue weighted by Gasteiger charge is 2.26. The maximum Gasteiger partial charge on any atom is 0.233 e. The summed E-state index contributed by atoms with van der Waals surface area (Å²) in [5, 5.41) is 2.67. The molecule has 118 valence electrons. The number of ether oxygens (including phenoxy) is 1. The van der Waals surface area contributed by atoms with Gasteiger partial charge >= 0.3 is 0 Å². The van der Waals surface area contributed by atoms with Crippen LogP contribution in [0, 0.1) is 0 Å². The minimum atomic E-state index is -0.0250. The summed E-state index contributed by atoms with van der Waals surface area (Å²) >= 11 is 0. The number of nitrogens with two attached hydrogens (primary N) is 1. The van der Waals surface area contributed by atoms with Crippen LogP contribution < -0.4 is 15.8 Å². The van der Waals surface area contributed by atoms with Crippen LogP contribution in [0.1, 0.15) is 31.9 Å². The lowest BCUT2D eigenvalue weighted by atomic mass is 9.96. The normalized spacial score (nSPS) is 13.8. The van der Waals surface area contributed by atoms with E-state index in [1.165, 1.54) is 0 Å². The van der Waals surface area contributed by atoms with Gasteiger partial charge in [-0.15, -0.1) is 0 Å². The van der Waals surface area contributed by atoms with Crippen LogP contribution in [0.2, 0.25) is 0 Å². The summed E-state index contributed by atoms with van der Waals surface area (Å²) in [7, 11) is 3.30. The Labute approximate surface area is 127 Å². The van der Waals surface area contributed by atoms with E-state index in [0.717, 1.165) is 24.3 Å². The number of rotatable bonds is 8. The van der Waals surface area contributed by atoms with Crippen LogP contribution in [0.4, 0.5) is 0 Å². The van der Waals surface area contributed by atoms with Gasteiger partial charge in [0.2, 0.25) is 5.91 Å². The zero-order valence-corrected chi connectivity index (χ0v) is 13.4. The average Bonchev–Trinajstić information content (AvgIpc) is 2.54. The highest BCUT2D eigenvalue weighted by atomic mass is 16.5. The van der Waals surface area contributed by atoms with Gasteiger partial charge in [-0.3, -0.25) is 9.69 Å². The van der Waals surface area contributed by atoms with Crippen LogP contribution in [0.3, 0.4) is 0 Å². The van der Waals surface area contributed by atoms with Crippen LogP contribution in [0.25, 0.3) is 0 Å². The van der Waals surface area contributed by atoms with Crippen molar-refractivity contribution in [3.8, 4) is 5.75 Å². The van der Waals surface area contributed by atoms with E-state index in [1.54, 1.807) is 14.2 Å². The number of nitrogens with one attached hydrogen (secondary N) is 1. The molecule has 21 heavy (non-hydrogen) atoms. The van der Waals surface area contributed by atoms with E-state index in [1.807, 2.05) is 31.2 Å². The molecule has 3 N–H and O–H groups in total. The highest BCUT2D eigenvalue weighted by molar-refractivity contribution is 5.77. The highest BCUT2D eigenvalue weighted by Crippen LogP contribution is 2.26. The van der Waals surface area contributed by atoms with Gasteiger partial charge in [0.1, 0.15) is 5.75 Å². The van der Waals surface area contributed by atoms with Crippen LogP contribution in [-0.4, -0.2) is 44.1 Å². The van der Waals surface area contributed by atoms with E-state index < -0.39 is 0 Å². The van der Waals surface area contributed by atoms with Gasteiger partial charge in [0.15, 0.2) is 0 Å². The predicted molar refractivity (Wildman–Crippen MR) is 85.3 cm³/mol. The Morgan fingerprint density at radius 2 is 1.95 bits per heavy atom. The van der Waals surface area contributed by atoms with Gasteiger partial charge in [-0.05, 0) is 30.7 Å². The van der Waals surface area contributed by atoms with Gasteiger partial charge in [-0.25, -0.2) is 0 Å². The molecule has 2 unspecified atom stereocenters. The molecule has 0 aliphatic carbocycles. The topological polar surface area (TPSA) is 67.6 Å². The molecule has 0 heterocycles. The number of benzene rings is 1. The summed E-state index contributed by atoms with van der Waals surface area (Å²) in [6.45, 7) is 5.21. The SMILES string of the molecule is CCC(N)C(c1ccc(OC)cc1)N(CC)CC(=O)NC. The van der Waals surface area contributed by atoms with E-state index in [4.69, 9.17) is 10.5 Å². The first-order valence-corrected chi connectivity index (χ1v) is 7.41. The molecule has 0 aromatic heterocycles. The fourth-order valence-electron chi connectivity index (χ4n) is 2.42. The summed E-state index contributed by atoms with van der Waals surface area (Å²) in [6, 6.07) is 7.89. The lowest BCUT2D eigenvalue weighted by Crippen LogP contribution is -2.45. The number of hydrogen-bond acceptors (Lipinski definition) is 4. The van der Waals surface area contributed by atoms with Crippen molar-refractivity contribution in [1.29, 1.82) is 0 Å². The number of methoxy groups -OCH3 is 1. The van der Waals surface area contributed by atoms with Gasteiger partial charge < -0.3 is 15.8 Å². The summed E-state index contributed by atoms with van der Waals surface area (Å²) < 4.78 is 5.20. The molecule has 1 aromatic carbocycles. The first kappa shape index (κ1) is 17.5. The van der Waals surface area contributed by atoms with Crippen molar-refractivity contribution in [1.82, 2.24) is 10.2 Å². The quantitative estimate of drug-likeness (QED) is 0.763. The minimum Gasteiger partial charge on any atom is -0.497 e. The molecule has 1 amide bonds. The van der Waals surface area contributed by atoms with Crippen LogP contribution in [0.5, 0.6) is 5.75 Å². The maximum absolute atomic E-state index is 11.7. The summed E-state index contributed by atoms with van der Waals surface area (Å²) in [5.41, 5.74) is 7.42. The van der Waals surface area contributed by atoms with Gasteiger partial charge in [-0.1, -0.05) is 26.0 Å². The van der Waals surface area contributed by atoms with Crippen molar-refractivity contribution in [2.75, 3.05) is 27.2 Å². The number of amides is 1. The number of carbonyl (C=O) groups excluding carboxylic acids is 1. The second kappa shape index (κ2) is 8.64. The van der Waals surface area contributed by atoms with Crippen molar-refractivity contribution in [2.24, 2.45) is 5.73 Å². The molecule has 0 saturated heterocycles. The average molecular weight is 293 g/mol. The standard InChI is InChI=1S/C16H27N3O2/c1-5-14(17)16(19(6-2)11-15(20)18-3)12-7-9-13(21-4)10-8-12/h7-10,14,16H,5-6,11,17H2,1-4H3,(H,18,20). The largest absolute Gasteiger partial charge is 0.497 e. The summed E-state index contributed by atoms with van der Waals surface area (Å²) in [4.78, 5) is 13.8. The fourth-order valence-corrected chi connectivity index (χ4v) is 2.42. The third-order valence-corrected chi connectivity index (χ3v) is 3.76. The number of nitrogens with zero attached hydrogens (tertiary/aromatic N) is 1. The van der Waals surface area contributed by atoms with Gasteiger partial charge in [-0.2, -0.15) is 0 Å². The van der Waals surface area contributed by atoms with Crippen LogP contribution in [-0.2, 0) is 4.79 Å². The molecule has 5 heteroatoms. The van der Waals surface area contributed by atoms with E-state index >= 15 is 0 Å². The number of likely N-dealkylation sites (N-methyl/N-ethyl adjacent to an activating group) is 2. The van der Waals surface area contributed by atoms with E-state index in [0.29, 0.717) is 6.54 Å². The minimum absolute atomic E-state index is 0.00124. The lowest BCUT2D eigenvalue weighted by molar-refractivity contribution is -0.122. The van der Waals surface area contributed by atoms with Crippen molar-refractivity contribution in [3.63, 3.8) is 0 Å². The number of hydrogen-bond donors (Lipinski definition) is 2. The Balaban J connectivity index is 3.04. The molecule has 0 radical (unpaired) electrons. The Morgan fingerprint density at radius 3 is 2.38 bits per heavy atom. The van der Waals surface area contributed by atoms with Crippen molar-refractivity contribution in [2.45, 2.75) is 32.4 Å². The zero-order valence-electron chi connectivity index (χ0n) is 13.4. The molecule has 0 bridgehead atoms. The molecule has 1 rings (SSSR count). The predicted octanol–water partition coefficient (Wildman–Crippen LogP) is 1.54. The summed E-state index contributed by atoms with van der Waals surface area (Å²) in [6.07, 6.45) is 0.848. The molecule has 2 atom stereocenters. The fraction of sp³-hybridized carbons (Fsp3) is 0.562. The lowest BCUT2D eigenvalue weighted by Gasteiger charge is -2.34. The third-order valence-electron chi connectivity index (χ3n) is 3.76. The van der Waals surface area contributed by atoms with Crippen molar-refractivity contribution in [3.05, 3.63) is 29.8 Å². The molecule has 0 spiro atoms. The van der Waals surface area contributed by atoms with Gasteiger partial charge in [0.25, 0.3) is 0 Å². The van der Waals surface area contributed by atoms with Gasteiger partial charge in [0, 0.05) is 13.1 Å². The Morgan fingerprint density at radius 1 is 1.33 bits per heavy atom. The molecule has 1 aromatic rings. The van der Waals surface area contributed by atoms with Crippen LogP contribution in [0.15, 0.2) is 24.3 Å².